The van der Waals surface area contributed by atoms with Crippen LogP contribution < -0.4 is 14.6 Å². The molecule has 1 aliphatic heterocycles. The monoisotopic (exact) mass is 460 g/mol. The Labute approximate surface area is 184 Å². The van der Waals surface area contributed by atoms with E-state index in [0.29, 0.717) is 5.56 Å². The van der Waals surface area contributed by atoms with Gasteiger partial charge in [0, 0.05) is 41.6 Å². The molecule has 4 rings (SSSR count). The third-order valence-electron chi connectivity index (χ3n) is 4.99. The molecule has 31 heavy (non-hydrogen) atoms. The summed E-state index contributed by atoms with van der Waals surface area (Å²) < 4.78 is 45.9. The summed E-state index contributed by atoms with van der Waals surface area (Å²) in [5, 5.41) is 4.97. The lowest BCUT2D eigenvalue weighted by Crippen LogP contribution is -2.37. The Bertz CT molecular complexity index is 1200. The number of nitrogens with one attached hydrogen (secondary N) is 1. The van der Waals surface area contributed by atoms with Crippen LogP contribution in [0.4, 0.5) is 4.39 Å². The summed E-state index contributed by atoms with van der Waals surface area (Å²) in [4.78, 5) is 9.39. The molecule has 1 aliphatic carbocycles. The fourth-order valence-corrected chi connectivity index (χ4v) is 5.05. The smallest absolute Gasteiger partial charge is 0.317 e. The SMILES string of the molecule is CC1=C2C=CC(Cc3cccc(CNS(N)(=O)=O)c3F)(Oc3ncccn3)C=C2SC1. The lowest BCUT2D eigenvalue weighted by molar-refractivity contribution is 0.153. The number of rotatable bonds is 7. The van der Waals surface area contributed by atoms with Gasteiger partial charge in [-0.1, -0.05) is 29.8 Å². The van der Waals surface area contributed by atoms with E-state index in [1.165, 1.54) is 11.6 Å². The Morgan fingerprint density at radius 1 is 1.26 bits per heavy atom. The van der Waals surface area contributed by atoms with Gasteiger partial charge in [-0.3, -0.25) is 0 Å². The highest BCUT2D eigenvalue weighted by molar-refractivity contribution is 8.03. The van der Waals surface area contributed by atoms with Crippen molar-refractivity contribution in [1.82, 2.24) is 14.7 Å². The molecule has 1 aromatic heterocycles. The number of thioether (sulfide) groups is 1. The third kappa shape index (κ3) is 5.04. The standard InChI is InChI=1S/C21H21FN4O3S2/c1-14-13-30-18-11-21(7-6-17(14)18,29-20-24-8-3-9-25-20)10-15-4-2-5-16(19(15)22)12-26-31(23,27)28/h2-9,11,26H,10,12-13H2,1H3,(H2,23,27,28). The third-order valence-corrected chi connectivity index (χ3v) is 6.76. The largest absolute Gasteiger partial charge is 0.448 e. The number of fused-ring (bicyclic) bond motifs is 1. The highest BCUT2D eigenvalue weighted by atomic mass is 32.2. The molecule has 10 heteroatoms. The number of nitrogens with two attached hydrogens (primary N) is 1. The van der Waals surface area contributed by atoms with Crippen LogP contribution in [0.25, 0.3) is 0 Å². The van der Waals surface area contributed by atoms with Gasteiger partial charge in [-0.25, -0.2) is 19.5 Å². The predicted octanol–water partition coefficient (Wildman–Crippen LogP) is 2.79. The minimum absolute atomic E-state index is 0.174. The number of benzene rings is 1. The fraction of sp³-hybridized carbons (Fsp3) is 0.238. The van der Waals surface area contributed by atoms with Crippen LogP contribution in [0.15, 0.2) is 70.9 Å². The number of hydrogen-bond donors (Lipinski definition) is 2. The second-order valence-corrected chi connectivity index (χ2v) is 9.74. The van der Waals surface area contributed by atoms with Crippen LogP contribution in [0.1, 0.15) is 18.1 Å². The second kappa shape index (κ2) is 8.54. The van der Waals surface area contributed by atoms with Crippen LogP contribution in [0, 0.1) is 5.82 Å². The Kier molecular flexibility index (Phi) is 5.98. The van der Waals surface area contributed by atoms with Crippen molar-refractivity contribution in [2.75, 3.05) is 5.75 Å². The van der Waals surface area contributed by atoms with Crippen molar-refractivity contribution in [2.24, 2.45) is 5.14 Å². The number of allylic oxidation sites excluding steroid dienone is 2. The minimum atomic E-state index is -3.93. The van der Waals surface area contributed by atoms with Crippen LogP contribution in [0.3, 0.4) is 0 Å². The average Bonchev–Trinajstić information content (AvgIpc) is 3.08. The quantitative estimate of drug-likeness (QED) is 0.658. The Hall–Kier alpha value is -2.53. The van der Waals surface area contributed by atoms with Crippen LogP contribution in [-0.2, 0) is 23.2 Å². The lowest BCUT2D eigenvalue weighted by atomic mass is 9.87. The van der Waals surface area contributed by atoms with Gasteiger partial charge in [0.05, 0.1) is 0 Å². The van der Waals surface area contributed by atoms with E-state index in [1.807, 2.05) is 18.2 Å². The summed E-state index contributed by atoms with van der Waals surface area (Å²) in [7, 11) is -3.93. The molecule has 0 amide bonds. The van der Waals surface area contributed by atoms with Crippen molar-refractivity contribution in [1.29, 1.82) is 0 Å². The Balaban J connectivity index is 1.69. The topological polar surface area (TPSA) is 107 Å². The van der Waals surface area contributed by atoms with Crippen LogP contribution in [-0.4, -0.2) is 29.7 Å². The van der Waals surface area contributed by atoms with E-state index >= 15 is 4.39 Å². The van der Waals surface area contributed by atoms with E-state index in [9.17, 15) is 8.42 Å². The maximum atomic E-state index is 15.2. The molecular weight excluding hydrogens is 439 g/mol. The summed E-state index contributed by atoms with van der Waals surface area (Å²) in [5.74, 6) is 0.381. The molecule has 2 aliphatic rings. The van der Waals surface area contributed by atoms with Gasteiger partial charge in [0.15, 0.2) is 5.60 Å². The molecule has 1 atom stereocenters. The Morgan fingerprint density at radius 2 is 2.00 bits per heavy atom. The van der Waals surface area contributed by atoms with Crippen LogP contribution >= 0.6 is 11.8 Å². The molecular formula is C21H21FN4O3S2. The van der Waals surface area contributed by atoms with E-state index in [-0.39, 0.29) is 24.5 Å². The highest BCUT2D eigenvalue weighted by Crippen LogP contribution is 2.43. The van der Waals surface area contributed by atoms with Gasteiger partial charge in [-0.2, -0.15) is 13.1 Å². The van der Waals surface area contributed by atoms with Gasteiger partial charge < -0.3 is 4.74 Å². The molecule has 3 N–H and O–H groups in total. The van der Waals surface area contributed by atoms with Gasteiger partial charge in [-0.15, -0.1) is 11.8 Å². The van der Waals surface area contributed by atoms with Crippen molar-refractivity contribution < 1.29 is 17.5 Å². The molecule has 0 saturated carbocycles. The zero-order valence-corrected chi connectivity index (χ0v) is 18.3. The molecule has 7 nitrogen and oxygen atoms in total. The average molecular weight is 461 g/mol. The van der Waals surface area contributed by atoms with Crippen LogP contribution in [0.2, 0.25) is 0 Å². The first-order valence-electron chi connectivity index (χ1n) is 9.49. The maximum absolute atomic E-state index is 15.2. The first-order chi connectivity index (χ1) is 14.7. The van der Waals surface area contributed by atoms with E-state index in [4.69, 9.17) is 9.88 Å². The number of nitrogens with zero attached hydrogens (tertiary/aromatic N) is 2. The molecule has 0 radical (unpaired) electrons. The normalized spacial score (nSPS) is 20.5. The van der Waals surface area contributed by atoms with Gasteiger partial charge >= 0.3 is 6.01 Å². The molecule has 2 aromatic rings. The molecule has 162 valence electrons. The zero-order chi connectivity index (χ0) is 22.1. The van der Waals surface area contributed by atoms with Crippen LogP contribution in [0.5, 0.6) is 6.01 Å². The van der Waals surface area contributed by atoms with Gasteiger partial charge in [0.2, 0.25) is 0 Å². The van der Waals surface area contributed by atoms with Gasteiger partial charge in [0.25, 0.3) is 10.2 Å². The number of aromatic nitrogens is 2. The van der Waals surface area contributed by atoms with E-state index in [1.54, 1.807) is 42.4 Å². The van der Waals surface area contributed by atoms with Crippen molar-refractivity contribution in [2.45, 2.75) is 25.5 Å². The minimum Gasteiger partial charge on any atom is -0.448 e. The molecule has 1 unspecified atom stereocenters. The van der Waals surface area contributed by atoms with E-state index < -0.39 is 21.6 Å². The second-order valence-electron chi connectivity index (χ2n) is 7.35. The van der Waals surface area contributed by atoms with Crippen molar-refractivity contribution in [3.63, 3.8) is 0 Å². The van der Waals surface area contributed by atoms with Crippen molar-refractivity contribution in [3.05, 3.63) is 87.9 Å². The number of ether oxygens (including phenoxy) is 1. The first-order valence-corrected chi connectivity index (χ1v) is 12.0. The van der Waals surface area contributed by atoms with E-state index in [0.717, 1.165) is 16.2 Å². The Morgan fingerprint density at radius 3 is 2.74 bits per heavy atom. The molecule has 0 saturated heterocycles. The van der Waals surface area contributed by atoms with Crippen molar-refractivity contribution in [3.8, 4) is 6.01 Å². The number of halogens is 1. The van der Waals surface area contributed by atoms with E-state index in [2.05, 4.69) is 21.6 Å². The summed E-state index contributed by atoms with van der Waals surface area (Å²) >= 11 is 1.71. The first kappa shape index (κ1) is 21.7. The number of hydrogen-bond acceptors (Lipinski definition) is 6. The zero-order valence-electron chi connectivity index (χ0n) is 16.7. The molecule has 0 bridgehead atoms. The summed E-state index contributed by atoms with van der Waals surface area (Å²) in [6.45, 7) is 1.84. The lowest BCUT2D eigenvalue weighted by Gasteiger charge is -2.31. The summed E-state index contributed by atoms with van der Waals surface area (Å²) in [6, 6.07) is 6.70. The summed E-state index contributed by atoms with van der Waals surface area (Å²) in [5.41, 5.74) is 2.00. The molecule has 2 heterocycles. The highest BCUT2D eigenvalue weighted by Gasteiger charge is 2.35. The molecule has 0 spiro atoms. The molecule has 0 fully saturated rings. The predicted molar refractivity (Wildman–Crippen MR) is 118 cm³/mol. The fourth-order valence-electron chi connectivity index (χ4n) is 3.49. The van der Waals surface area contributed by atoms with Gasteiger partial charge in [0.1, 0.15) is 5.82 Å². The van der Waals surface area contributed by atoms with Gasteiger partial charge in [-0.05, 0) is 36.3 Å². The van der Waals surface area contributed by atoms with Crippen molar-refractivity contribution >= 4 is 22.0 Å². The molecule has 1 aromatic carbocycles. The maximum Gasteiger partial charge on any atom is 0.317 e. The summed E-state index contributed by atoms with van der Waals surface area (Å²) in [6.07, 6.45) is 9.21.